The first kappa shape index (κ1) is 11.9. The number of ether oxygens (including phenoxy) is 1. The van der Waals surface area contributed by atoms with Gasteiger partial charge < -0.3 is 10.5 Å². The molecule has 1 saturated heterocycles. The molecule has 0 amide bonds. The fourth-order valence-corrected chi connectivity index (χ4v) is 2.00. The number of Topliss-reactive ketones (excluding diaryl/α,β-unsaturated/α-hetero) is 1. The maximum atomic E-state index is 12.1. The molecule has 2 rings (SSSR count). The Balaban J connectivity index is 2.23. The molecule has 1 aliphatic rings. The maximum Gasteiger partial charge on any atom is 0.169 e. The number of carbonyl (C=O) groups excluding carboxylic acids is 1. The van der Waals surface area contributed by atoms with Crippen molar-refractivity contribution in [3.8, 4) is 0 Å². The van der Waals surface area contributed by atoms with Crippen LogP contribution in [0.5, 0.6) is 0 Å². The number of ketones is 1. The summed E-state index contributed by atoms with van der Waals surface area (Å²) in [6, 6.07) is 4.60. The van der Waals surface area contributed by atoms with Gasteiger partial charge in [0, 0.05) is 11.6 Å². The van der Waals surface area contributed by atoms with Gasteiger partial charge in [0.05, 0.1) is 29.2 Å². The molecular formula is C11H11Cl2NO2. The van der Waals surface area contributed by atoms with Crippen LogP contribution >= 0.6 is 23.2 Å². The molecule has 1 fully saturated rings. The van der Waals surface area contributed by atoms with Gasteiger partial charge in [-0.2, -0.15) is 0 Å². The standard InChI is InChI=1S/C11H11Cl2NO2/c12-8-2-1-6(3-9(8)13)11(15)7-4-16-5-10(7)14/h1-3,7,10H,4-5,14H2. The highest BCUT2D eigenvalue weighted by molar-refractivity contribution is 6.42. The third-order valence-electron chi connectivity index (χ3n) is 2.67. The fourth-order valence-electron chi connectivity index (χ4n) is 1.70. The van der Waals surface area contributed by atoms with Crippen molar-refractivity contribution < 1.29 is 9.53 Å². The van der Waals surface area contributed by atoms with E-state index in [0.717, 1.165) is 0 Å². The smallest absolute Gasteiger partial charge is 0.169 e. The van der Waals surface area contributed by atoms with Gasteiger partial charge in [0.1, 0.15) is 0 Å². The third-order valence-corrected chi connectivity index (χ3v) is 3.40. The Labute approximate surface area is 103 Å². The average Bonchev–Trinajstić information content (AvgIpc) is 2.67. The number of hydrogen-bond acceptors (Lipinski definition) is 3. The molecule has 1 heterocycles. The molecule has 2 N–H and O–H groups in total. The van der Waals surface area contributed by atoms with Gasteiger partial charge in [-0.05, 0) is 18.2 Å². The van der Waals surface area contributed by atoms with Crippen molar-refractivity contribution in [2.75, 3.05) is 13.2 Å². The van der Waals surface area contributed by atoms with E-state index in [1.807, 2.05) is 0 Å². The molecule has 0 aromatic heterocycles. The number of halogens is 2. The second kappa shape index (κ2) is 4.72. The van der Waals surface area contributed by atoms with Crippen LogP contribution in [0.3, 0.4) is 0 Å². The summed E-state index contributed by atoms with van der Waals surface area (Å²) in [5, 5.41) is 0.810. The molecule has 1 aromatic carbocycles. The molecule has 0 spiro atoms. The van der Waals surface area contributed by atoms with E-state index in [1.165, 1.54) is 0 Å². The molecule has 3 nitrogen and oxygen atoms in total. The Morgan fingerprint density at radius 1 is 1.31 bits per heavy atom. The Hall–Kier alpha value is -0.610. The molecule has 16 heavy (non-hydrogen) atoms. The zero-order valence-corrected chi connectivity index (χ0v) is 9.96. The second-order valence-electron chi connectivity index (χ2n) is 3.80. The lowest BCUT2D eigenvalue weighted by Gasteiger charge is -2.12. The number of hydrogen-bond donors (Lipinski definition) is 1. The highest BCUT2D eigenvalue weighted by Crippen LogP contribution is 2.25. The van der Waals surface area contributed by atoms with Gasteiger partial charge in [-0.1, -0.05) is 23.2 Å². The van der Waals surface area contributed by atoms with Crippen LogP contribution in [0.1, 0.15) is 10.4 Å². The van der Waals surface area contributed by atoms with E-state index in [9.17, 15) is 4.79 Å². The van der Waals surface area contributed by atoms with E-state index in [1.54, 1.807) is 18.2 Å². The molecule has 0 radical (unpaired) electrons. The monoisotopic (exact) mass is 259 g/mol. The molecule has 1 aromatic rings. The highest BCUT2D eigenvalue weighted by atomic mass is 35.5. The molecule has 2 atom stereocenters. The van der Waals surface area contributed by atoms with Gasteiger partial charge >= 0.3 is 0 Å². The van der Waals surface area contributed by atoms with Gasteiger partial charge in [0.15, 0.2) is 5.78 Å². The van der Waals surface area contributed by atoms with Crippen LogP contribution in [-0.2, 0) is 4.74 Å². The van der Waals surface area contributed by atoms with E-state index in [2.05, 4.69) is 0 Å². The number of benzene rings is 1. The number of rotatable bonds is 2. The van der Waals surface area contributed by atoms with E-state index in [-0.39, 0.29) is 17.7 Å². The molecule has 0 aliphatic carbocycles. The van der Waals surface area contributed by atoms with Gasteiger partial charge in [-0.3, -0.25) is 4.79 Å². The first-order chi connectivity index (χ1) is 7.59. The summed E-state index contributed by atoms with van der Waals surface area (Å²) in [5.74, 6) is -0.319. The fraction of sp³-hybridized carbons (Fsp3) is 0.364. The van der Waals surface area contributed by atoms with E-state index >= 15 is 0 Å². The van der Waals surface area contributed by atoms with Crippen molar-refractivity contribution in [3.05, 3.63) is 33.8 Å². The normalized spacial score (nSPS) is 24.7. The summed E-state index contributed by atoms with van der Waals surface area (Å²) in [6.07, 6.45) is 0. The summed E-state index contributed by atoms with van der Waals surface area (Å²) in [7, 11) is 0. The van der Waals surface area contributed by atoms with Crippen LogP contribution in [0.2, 0.25) is 10.0 Å². The van der Waals surface area contributed by atoms with Crippen LogP contribution < -0.4 is 5.73 Å². The predicted octanol–water partition coefficient (Wildman–Crippen LogP) is 2.15. The van der Waals surface area contributed by atoms with E-state index < -0.39 is 0 Å². The van der Waals surface area contributed by atoms with Gasteiger partial charge in [0.2, 0.25) is 0 Å². The molecule has 0 bridgehead atoms. The minimum atomic E-state index is -0.280. The highest BCUT2D eigenvalue weighted by Gasteiger charge is 2.31. The van der Waals surface area contributed by atoms with Crippen molar-refractivity contribution in [3.63, 3.8) is 0 Å². The van der Waals surface area contributed by atoms with Crippen molar-refractivity contribution in [2.24, 2.45) is 11.7 Å². The predicted molar refractivity (Wildman–Crippen MR) is 63.1 cm³/mol. The molecule has 0 saturated carbocycles. The van der Waals surface area contributed by atoms with Crippen molar-refractivity contribution in [2.45, 2.75) is 6.04 Å². The lowest BCUT2D eigenvalue weighted by Crippen LogP contribution is -2.34. The summed E-state index contributed by atoms with van der Waals surface area (Å²) in [5.41, 5.74) is 6.31. The maximum absolute atomic E-state index is 12.1. The minimum Gasteiger partial charge on any atom is -0.379 e. The van der Waals surface area contributed by atoms with Crippen molar-refractivity contribution >= 4 is 29.0 Å². The average molecular weight is 260 g/mol. The Bertz CT molecular complexity index is 422. The van der Waals surface area contributed by atoms with E-state index in [0.29, 0.717) is 28.8 Å². The summed E-state index contributed by atoms with van der Waals surface area (Å²) >= 11 is 11.6. The van der Waals surface area contributed by atoms with Crippen LogP contribution in [0.25, 0.3) is 0 Å². The lowest BCUT2D eigenvalue weighted by atomic mass is 9.94. The molecular weight excluding hydrogens is 249 g/mol. The second-order valence-corrected chi connectivity index (χ2v) is 4.62. The quantitative estimate of drug-likeness (QED) is 0.829. The van der Waals surface area contributed by atoms with Crippen molar-refractivity contribution in [1.82, 2.24) is 0 Å². The zero-order valence-electron chi connectivity index (χ0n) is 8.45. The SMILES string of the molecule is NC1COCC1C(=O)c1ccc(Cl)c(Cl)c1. The van der Waals surface area contributed by atoms with Gasteiger partial charge in [0.25, 0.3) is 0 Å². The summed E-state index contributed by atoms with van der Waals surface area (Å²) in [6.45, 7) is 0.804. The largest absolute Gasteiger partial charge is 0.379 e. The van der Waals surface area contributed by atoms with Crippen molar-refractivity contribution in [1.29, 1.82) is 0 Å². The molecule has 1 aliphatic heterocycles. The summed E-state index contributed by atoms with van der Waals surface area (Å²) < 4.78 is 5.16. The van der Waals surface area contributed by atoms with Crippen LogP contribution in [0, 0.1) is 5.92 Å². The Morgan fingerprint density at radius 2 is 2.06 bits per heavy atom. The van der Waals surface area contributed by atoms with Gasteiger partial charge in [-0.25, -0.2) is 0 Å². The zero-order chi connectivity index (χ0) is 11.7. The lowest BCUT2D eigenvalue weighted by molar-refractivity contribution is 0.0896. The molecule has 5 heteroatoms. The molecule has 86 valence electrons. The third kappa shape index (κ3) is 2.23. The first-order valence-corrected chi connectivity index (χ1v) is 5.68. The minimum absolute atomic E-state index is 0.0384. The van der Waals surface area contributed by atoms with Gasteiger partial charge in [-0.15, -0.1) is 0 Å². The topological polar surface area (TPSA) is 52.3 Å². The van der Waals surface area contributed by atoms with E-state index in [4.69, 9.17) is 33.7 Å². The molecule has 2 unspecified atom stereocenters. The Morgan fingerprint density at radius 3 is 2.62 bits per heavy atom. The number of nitrogens with two attached hydrogens (primary N) is 1. The first-order valence-electron chi connectivity index (χ1n) is 4.92. The van der Waals surface area contributed by atoms with Crippen LogP contribution in [-0.4, -0.2) is 25.0 Å². The van der Waals surface area contributed by atoms with Crippen LogP contribution in [0.15, 0.2) is 18.2 Å². The Kier molecular flexibility index (Phi) is 3.50. The summed E-state index contributed by atoms with van der Waals surface area (Å²) in [4.78, 5) is 12.1. The number of carbonyl (C=O) groups is 1. The van der Waals surface area contributed by atoms with Crippen LogP contribution in [0.4, 0.5) is 0 Å².